The fourth-order valence-corrected chi connectivity index (χ4v) is 2.55. The molecule has 1 aromatic carbocycles. The summed E-state index contributed by atoms with van der Waals surface area (Å²) in [5, 5.41) is 11.8. The number of fused-ring (bicyclic) bond motifs is 1. The summed E-state index contributed by atoms with van der Waals surface area (Å²) in [6.45, 7) is 4.32. The van der Waals surface area contributed by atoms with Gasteiger partial charge in [-0.3, -0.25) is 4.79 Å². The molecule has 1 aliphatic heterocycles. The molecule has 5 nitrogen and oxygen atoms in total. The average Bonchev–Trinajstić information content (AvgIpc) is 2.45. The topological polar surface area (TPSA) is 75.6 Å². The van der Waals surface area contributed by atoms with Gasteiger partial charge < -0.3 is 15.2 Å². The smallest absolute Gasteiger partial charge is 0.326 e. The van der Waals surface area contributed by atoms with Crippen molar-refractivity contribution in [1.82, 2.24) is 5.32 Å². The fraction of sp³-hybridized carbons (Fsp3) is 0.500. The average molecular weight is 291 g/mol. The molecule has 0 radical (unpaired) electrons. The normalized spacial score (nSPS) is 18.9. The van der Waals surface area contributed by atoms with Crippen molar-refractivity contribution in [3.8, 4) is 0 Å². The van der Waals surface area contributed by atoms with Crippen molar-refractivity contribution in [2.45, 2.75) is 38.8 Å². The van der Waals surface area contributed by atoms with Gasteiger partial charge in [-0.15, -0.1) is 0 Å². The standard InChI is InChI=1S/C16H21NO4/c1-10(2)9-13(16(19)20)17-15(18)14-12-6-4-3-5-11(12)7-8-21-14/h3-6,10,13-14H,7-9H2,1-2H3,(H,17,18)(H,19,20)/t13-,14?/m0/s1. The zero-order valence-corrected chi connectivity index (χ0v) is 12.3. The lowest BCUT2D eigenvalue weighted by Gasteiger charge is -2.26. The minimum Gasteiger partial charge on any atom is -0.480 e. The highest BCUT2D eigenvalue weighted by atomic mass is 16.5. The Morgan fingerprint density at radius 3 is 2.76 bits per heavy atom. The third kappa shape index (κ3) is 3.82. The largest absolute Gasteiger partial charge is 0.480 e. The van der Waals surface area contributed by atoms with Crippen LogP contribution in [0.15, 0.2) is 24.3 Å². The van der Waals surface area contributed by atoms with Gasteiger partial charge in [0.1, 0.15) is 6.04 Å². The van der Waals surface area contributed by atoms with E-state index in [1.165, 1.54) is 0 Å². The number of benzene rings is 1. The van der Waals surface area contributed by atoms with Gasteiger partial charge in [0.25, 0.3) is 5.91 Å². The van der Waals surface area contributed by atoms with Crippen LogP contribution >= 0.6 is 0 Å². The molecule has 2 atom stereocenters. The second-order valence-corrected chi connectivity index (χ2v) is 5.73. The number of carbonyl (C=O) groups is 2. The van der Waals surface area contributed by atoms with Crippen molar-refractivity contribution < 1.29 is 19.4 Å². The quantitative estimate of drug-likeness (QED) is 0.869. The van der Waals surface area contributed by atoms with Crippen molar-refractivity contribution in [3.05, 3.63) is 35.4 Å². The predicted molar refractivity (Wildman–Crippen MR) is 77.9 cm³/mol. The molecule has 1 heterocycles. The first-order valence-electron chi connectivity index (χ1n) is 7.21. The van der Waals surface area contributed by atoms with Crippen LogP contribution in [0.5, 0.6) is 0 Å². The van der Waals surface area contributed by atoms with Gasteiger partial charge in [-0.05, 0) is 29.9 Å². The third-order valence-corrected chi connectivity index (χ3v) is 3.55. The summed E-state index contributed by atoms with van der Waals surface area (Å²) in [6.07, 6.45) is 0.452. The summed E-state index contributed by atoms with van der Waals surface area (Å²) < 4.78 is 5.55. The van der Waals surface area contributed by atoms with Crippen molar-refractivity contribution >= 4 is 11.9 Å². The van der Waals surface area contributed by atoms with Crippen LogP contribution in [0.4, 0.5) is 0 Å². The molecule has 2 N–H and O–H groups in total. The molecule has 1 amide bonds. The van der Waals surface area contributed by atoms with E-state index in [2.05, 4.69) is 5.32 Å². The summed E-state index contributed by atoms with van der Waals surface area (Å²) in [6, 6.07) is 6.74. The molecule has 0 fully saturated rings. The highest BCUT2D eigenvalue weighted by molar-refractivity contribution is 5.87. The van der Waals surface area contributed by atoms with E-state index in [9.17, 15) is 14.7 Å². The van der Waals surface area contributed by atoms with Crippen LogP contribution in [0.2, 0.25) is 0 Å². The maximum absolute atomic E-state index is 12.4. The first-order chi connectivity index (χ1) is 9.99. The zero-order valence-electron chi connectivity index (χ0n) is 12.3. The summed E-state index contributed by atoms with van der Waals surface area (Å²) in [5.41, 5.74) is 1.91. The molecule has 5 heteroatoms. The number of amides is 1. The van der Waals surface area contributed by atoms with Crippen LogP contribution < -0.4 is 5.32 Å². The van der Waals surface area contributed by atoms with Gasteiger partial charge >= 0.3 is 5.97 Å². The number of rotatable bonds is 5. The van der Waals surface area contributed by atoms with Crippen LogP contribution in [0, 0.1) is 5.92 Å². The Bertz CT molecular complexity index is 527. The monoisotopic (exact) mass is 291 g/mol. The van der Waals surface area contributed by atoms with E-state index in [1.807, 2.05) is 38.1 Å². The van der Waals surface area contributed by atoms with E-state index in [-0.39, 0.29) is 11.8 Å². The van der Waals surface area contributed by atoms with Crippen LogP contribution in [-0.2, 0) is 20.7 Å². The van der Waals surface area contributed by atoms with E-state index in [1.54, 1.807) is 0 Å². The molecule has 114 valence electrons. The SMILES string of the molecule is CC(C)C[C@H](NC(=O)C1OCCc2ccccc21)C(=O)O. The molecule has 0 saturated heterocycles. The van der Waals surface area contributed by atoms with E-state index >= 15 is 0 Å². The van der Waals surface area contributed by atoms with Crippen molar-refractivity contribution in [1.29, 1.82) is 0 Å². The Kier molecular flexibility index (Phi) is 4.96. The maximum Gasteiger partial charge on any atom is 0.326 e. The number of aliphatic carboxylic acids is 1. The number of hydrogen-bond acceptors (Lipinski definition) is 3. The minimum absolute atomic E-state index is 0.186. The Balaban J connectivity index is 2.12. The van der Waals surface area contributed by atoms with Gasteiger partial charge in [-0.25, -0.2) is 4.79 Å². The first-order valence-corrected chi connectivity index (χ1v) is 7.21. The molecule has 0 aliphatic carbocycles. The van der Waals surface area contributed by atoms with Crippen LogP contribution in [-0.4, -0.2) is 29.6 Å². The lowest BCUT2D eigenvalue weighted by atomic mass is 9.96. The summed E-state index contributed by atoms with van der Waals surface area (Å²) in [5.74, 6) is -1.21. The molecular formula is C16H21NO4. The lowest BCUT2D eigenvalue weighted by molar-refractivity contribution is -0.145. The Labute approximate surface area is 124 Å². The number of hydrogen-bond donors (Lipinski definition) is 2. The number of carboxylic acid groups (broad SMARTS) is 1. The van der Waals surface area contributed by atoms with Gasteiger partial charge in [0.15, 0.2) is 6.10 Å². The summed E-state index contributed by atoms with van der Waals surface area (Å²) in [4.78, 5) is 23.6. The molecule has 0 saturated carbocycles. The predicted octanol–water partition coefficient (Wildman–Crippen LogP) is 1.92. The van der Waals surface area contributed by atoms with Crippen molar-refractivity contribution in [3.63, 3.8) is 0 Å². The third-order valence-electron chi connectivity index (χ3n) is 3.55. The van der Waals surface area contributed by atoms with Gasteiger partial charge in [0.05, 0.1) is 6.61 Å². The number of carbonyl (C=O) groups excluding carboxylic acids is 1. The second kappa shape index (κ2) is 6.72. The zero-order chi connectivity index (χ0) is 15.4. The molecule has 21 heavy (non-hydrogen) atoms. The number of nitrogens with one attached hydrogen (secondary N) is 1. The van der Waals surface area contributed by atoms with Crippen LogP contribution in [0.3, 0.4) is 0 Å². The highest BCUT2D eigenvalue weighted by Gasteiger charge is 2.30. The Hall–Kier alpha value is -1.88. The van der Waals surface area contributed by atoms with Crippen LogP contribution in [0.1, 0.15) is 37.5 Å². The maximum atomic E-state index is 12.4. The van der Waals surface area contributed by atoms with Crippen molar-refractivity contribution in [2.75, 3.05) is 6.61 Å². The first kappa shape index (κ1) is 15.5. The summed E-state index contributed by atoms with van der Waals surface area (Å²) in [7, 11) is 0. The molecular weight excluding hydrogens is 270 g/mol. The Morgan fingerprint density at radius 1 is 1.38 bits per heavy atom. The molecule has 0 spiro atoms. The van der Waals surface area contributed by atoms with E-state index in [0.717, 1.165) is 17.5 Å². The molecule has 0 bridgehead atoms. The van der Waals surface area contributed by atoms with E-state index in [4.69, 9.17) is 4.74 Å². The number of ether oxygens (including phenoxy) is 1. The van der Waals surface area contributed by atoms with Gasteiger partial charge in [-0.2, -0.15) is 0 Å². The molecule has 1 aromatic rings. The minimum atomic E-state index is -1.01. The Morgan fingerprint density at radius 2 is 2.10 bits per heavy atom. The molecule has 1 unspecified atom stereocenters. The molecule has 0 aromatic heterocycles. The van der Waals surface area contributed by atoms with Gasteiger partial charge in [0.2, 0.25) is 0 Å². The van der Waals surface area contributed by atoms with E-state index < -0.39 is 18.1 Å². The van der Waals surface area contributed by atoms with Gasteiger partial charge in [-0.1, -0.05) is 38.1 Å². The van der Waals surface area contributed by atoms with Crippen LogP contribution in [0.25, 0.3) is 0 Å². The summed E-state index contributed by atoms with van der Waals surface area (Å²) >= 11 is 0. The lowest BCUT2D eigenvalue weighted by Crippen LogP contribution is -2.45. The van der Waals surface area contributed by atoms with Gasteiger partial charge in [0, 0.05) is 0 Å². The second-order valence-electron chi connectivity index (χ2n) is 5.73. The fourth-order valence-electron chi connectivity index (χ4n) is 2.55. The van der Waals surface area contributed by atoms with E-state index in [0.29, 0.717) is 13.0 Å². The highest BCUT2D eigenvalue weighted by Crippen LogP contribution is 2.27. The van der Waals surface area contributed by atoms with Crippen molar-refractivity contribution in [2.24, 2.45) is 5.92 Å². The molecule has 2 rings (SSSR count). The molecule has 1 aliphatic rings. The number of carboxylic acids is 1.